The Labute approximate surface area is 125 Å². The number of hydrogen-bond donors (Lipinski definition) is 1. The third kappa shape index (κ3) is 4.59. The molecule has 0 aromatic heterocycles. The molecular weight excluding hydrogens is 266 g/mol. The Bertz CT molecular complexity index is 495. The van der Waals surface area contributed by atoms with Gasteiger partial charge in [0.15, 0.2) is 12.4 Å². The molecule has 1 aliphatic rings. The fourth-order valence-corrected chi connectivity index (χ4v) is 2.71. The minimum absolute atomic E-state index is 0.0165. The van der Waals surface area contributed by atoms with Crippen LogP contribution in [0.2, 0.25) is 0 Å². The lowest BCUT2D eigenvalue weighted by Gasteiger charge is -2.29. The van der Waals surface area contributed by atoms with Crippen LogP contribution < -0.4 is 10.1 Å². The first kappa shape index (κ1) is 15.5. The molecular formula is C17H23NO3. The van der Waals surface area contributed by atoms with Gasteiger partial charge in [-0.2, -0.15) is 0 Å². The number of carbonyl (C=O) groups is 2. The molecule has 2 atom stereocenters. The molecule has 1 aromatic rings. The average Bonchev–Trinajstić information content (AvgIpc) is 2.48. The molecule has 1 amide bonds. The second-order valence-electron chi connectivity index (χ2n) is 5.80. The van der Waals surface area contributed by atoms with E-state index in [1.54, 1.807) is 24.3 Å². The molecule has 1 aliphatic carbocycles. The molecule has 1 saturated carbocycles. The fraction of sp³-hybridized carbons (Fsp3) is 0.529. The van der Waals surface area contributed by atoms with Gasteiger partial charge in [0.05, 0.1) is 0 Å². The minimum Gasteiger partial charge on any atom is -0.484 e. The smallest absolute Gasteiger partial charge is 0.258 e. The van der Waals surface area contributed by atoms with Crippen LogP contribution >= 0.6 is 0 Å². The normalized spacial score (nSPS) is 21.6. The van der Waals surface area contributed by atoms with Crippen LogP contribution in [0.5, 0.6) is 5.75 Å². The van der Waals surface area contributed by atoms with Crippen molar-refractivity contribution in [3.05, 3.63) is 29.8 Å². The third-order valence-corrected chi connectivity index (χ3v) is 4.09. The van der Waals surface area contributed by atoms with E-state index in [1.165, 1.54) is 26.2 Å². The summed E-state index contributed by atoms with van der Waals surface area (Å²) in [5, 5.41) is 3.05. The van der Waals surface area contributed by atoms with E-state index in [-0.39, 0.29) is 24.3 Å². The molecule has 0 heterocycles. The van der Waals surface area contributed by atoms with Crippen molar-refractivity contribution in [2.75, 3.05) is 6.61 Å². The Kier molecular flexibility index (Phi) is 5.37. The second kappa shape index (κ2) is 7.25. The van der Waals surface area contributed by atoms with Crippen LogP contribution in [0.15, 0.2) is 24.3 Å². The van der Waals surface area contributed by atoms with Crippen LogP contribution in [0.1, 0.15) is 49.9 Å². The summed E-state index contributed by atoms with van der Waals surface area (Å²) >= 11 is 0. The van der Waals surface area contributed by atoms with Crippen molar-refractivity contribution in [2.45, 2.75) is 45.6 Å². The van der Waals surface area contributed by atoms with Crippen molar-refractivity contribution in [3.8, 4) is 5.75 Å². The van der Waals surface area contributed by atoms with Crippen molar-refractivity contribution in [1.29, 1.82) is 0 Å². The van der Waals surface area contributed by atoms with Gasteiger partial charge >= 0.3 is 0 Å². The Balaban J connectivity index is 1.79. The van der Waals surface area contributed by atoms with Crippen molar-refractivity contribution in [1.82, 2.24) is 5.32 Å². The van der Waals surface area contributed by atoms with E-state index in [2.05, 4.69) is 12.2 Å². The third-order valence-electron chi connectivity index (χ3n) is 4.09. The number of ether oxygens (including phenoxy) is 1. The molecule has 4 nitrogen and oxygen atoms in total. The molecule has 0 spiro atoms. The van der Waals surface area contributed by atoms with Crippen molar-refractivity contribution >= 4 is 11.7 Å². The van der Waals surface area contributed by atoms with Gasteiger partial charge in [0, 0.05) is 11.6 Å². The van der Waals surface area contributed by atoms with E-state index in [9.17, 15) is 9.59 Å². The molecule has 2 unspecified atom stereocenters. The summed E-state index contributed by atoms with van der Waals surface area (Å²) in [6.45, 7) is 3.72. The first-order valence-electron chi connectivity index (χ1n) is 7.59. The maximum absolute atomic E-state index is 11.9. The molecule has 21 heavy (non-hydrogen) atoms. The van der Waals surface area contributed by atoms with Crippen molar-refractivity contribution in [2.24, 2.45) is 5.92 Å². The predicted molar refractivity (Wildman–Crippen MR) is 81.5 cm³/mol. The number of nitrogens with one attached hydrogen (secondary N) is 1. The maximum atomic E-state index is 11.9. The Morgan fingerprint density at radius 1 is 1.19 bits per heavy atom. The van der Waals surface area contributed by atoms with Gasteiger partial charge in [0.2, 0.25) is 0 Å². The highest BCUT2D eigenvalue weighted by molar-refractivity contribution is 5.94. The Morgan fingerprint density at radius 3 is 2.48 bits per heavy atom. The number of amides is 1. The van der Waals surface area contributed by atoms with Crippen LogP contribution in [0, 0.1) is 5.92 Å². The summed E-state index contributed by atoms with van der Waals surface area (Å²) < 4.78 is 5.46. The van der Waals surface area contributed by atoms with E-state index >= 15 is 0 Å². The van der Waals surface area contributed by atoms with E-state index in [1.807, 2.05) is 0 Å². The Hall–Kier alpha value is -1.84. The van der Waals surface area contributed by atoms with Gasteiger partial charge in [-0.05, 0) is 49.9 Å². The summed E-state index contributed by atoms with van der Waals surface area (Å²) in [7, 11) is 0. The SMILES string of the molecule is CC(=O)c1ccc(OCC(=O)NC2CCCCC2C)cc1. The summed E-state index contributed by atoms with van der Waals surface area (Å²) in [5.41, 5.74) is 0.642. The van der Waals surface area contributed by atoms with Crippen LogP contribution in [-0.2, 0) is 4.79 Å². The Morgan fingerprint density at radius 2 is 1.86 bits per heavy atom. The lowest BCUT2D eigenvalue weighted by atomic mass is 9.86. The van der Waals surface area contributed by atoms with Gasteiger partial charge in [-0.15, -0.1) is 0 Å². The molecule has 0 bridgehead atoms. The zero-order valence-corrected chi connectivity index (χ0v) is 12.7. The highest BCUT2D eigenvalue weighted by atomic mass is 16.5. The van der Waals surface area contributed by atoms with E-state index in [4.69, 9.17) is 4.74 Å². The molecule has 1 N–H and O–H groups in total. The summed E-state index contributed by atoms with van der Waals surface area (Å²) in [4.78, 5) is 23.1. The lowest BCUT2D eigenvalue weighted by Crippen LogP contribution is -2.43. The predicted octanol–water partition coefficient (Wildman–Crippen LogP) is 2.96. The van der Waals surface area contributed by atoms with E-state index in [0.717, 1.165) is 6.42 Å². The molecule has 4 heteroatoms. The molecule has 0 radical (unpaired) electrons. The number of benzene rings is 1. The zero-order chi connectivity index (χ0) is 15.2. The molecule has 1 fully saturated rings. The highest BCUT2D eigenvalue weighted by Crippen LogP contribution is 2.23. The second-order valence-corrected chi connectivity index (χ2v) is 5.80. The quantitative estimate of drug-likeness (QED) is 0.848. The van der Waals surface area contributed by atoms with E-state index < -0.39 is 0 Å². The summed E-state index contributed by atoms with van der Waals surface area (Å²) in [5.74, 6) is 1.08. The largest absolute Gasteiger partial charge is 0.484 e. The lowest BCUT2D eigenvalue weighted by molar-refractivity contribution is -0.124. The molecule has 2 rings (SSSR count). The number of ketones is 1. The molecule has 0 aliphatic heterocycles. The number of carbonyl (C=O) groups excluding carboxylic acids is 2. The average molecular weight is 289 g/mol. The van der Waals surface area contributed by atoms with E-state index in [0.29, 0.717) is 17.2 Å². The fourth-order valence-electron chi connectivity index (χ4n) is 2.71. The first-order chi connectivity index (χ1) is 10.1. The van der Waals surface area contributed by atoms with Gasteiger partial charge in [-0.3, -0.25) is 9.59 Å². The van der Waals surface area contributed by atoms with Gasteiger partial charge in [0.1, 0.15) is 5.75 Å². The minimum atomic E-state index is -0.0793. The molecule has 0 saturated heterocycles. The monoisotopic (exact) mass is 289 g/mol. The number of rotatable bonds is 5. The first-order valence-corrected chi connectivity index (χ1v) is 7.59. The number of Topliss-reactive ketones (excluding diaryl/α,β-unsaturated/α-hetero) is 1. The summed E-state index contributed by atoms with van der Waals surface area (Å²) in [6, 6.07) is 7.12. The summed E-state index contributed by atoms with van der Waals surface area (Å²) in [6.07, 6.45) is 4.67. The van der Waals surface area contributed by atoms with Gasteiger partial charge in [-0.25, -0.2) is 0 Å². The van der Waals surface area contributed by atoms with Crippen LogP contribution in [-0.4, -0.2) is 24.3 Å². The topological polar surface area (TPSA) is 55.4 Å². The van der Waals surface area contributed by atoms with Crippen molar-refractivity contribution < 1.29 is 14.3 Å². The zero-order valence-electron chi connectivity index (χ0n) is 12.7. The highest BCUT2D eigenvalue weighted by Gasteiger charge is 2.22. The van der Waals surface area contributed by atoms with Crippen LogP contribution in [0.4, 0.5) is 0 Å². The number of hydrogen-bond acceptors (Lipinski definition) is 3. The van der Waals surface area contributed by atoms with Gasteiger partial charge in [-0.1, -0.05) is 19.8 Å². The van der Waals surface area contributed by atoms with Crippen LogP contribution in [0.25, 0.3) is 0 Å². The molecule has 1 aromatic carbocycles. The maximum Gasteiger partial charge on any atom is 0.258 e. The standard InChI is InChI=1S/C17H23NO3/c1-12-5-3-4-6-16(12)18-17(20)11-21-15-9-7-14(8-10-15)13(2)19/h7-10,12,16H,3-6,11H2,1-2H3,(H,18,20). The van der Waals surface area contributed by atoms with Crippen molar-refractivity contribution in [3.63, 3.8) is 0 Å². The van der Waals surface area contributed by atoms with Gasteiger partial charge < -0.3 is 10.1 Å². The van der Waals surface area contributed by atoms with Crippen LogP contribution in [0.3, 0.4) is 0 Å². The van der Waals surface area contributed by atoms with Gasteiger partial charge in [0.25, 0.3) is 5.91 Å². The molecule has 114 valence electrons.